The van der Waals surface area contributed by atoms with E-state index in [0.29, 0.717) is 5.52 Å². The molecule has 0 aliphatic heterocycles. The molecule has 0 spiro atoms. The molecule has 0 aliphatic rings. The largest absolute Gasteiger partial charge is 0.507 e. The van der Waals surface area contributed by atoms with E-state index in [0.717, 1.165) is 104 Å². The summed E-state index contributed by atoms with van der Waals surface area (Å²) in [5.74, 6) is 0.805. The summed E-state index contributed by atoms with van der Waals surface area (Å²) < 4.78 is 0. The van der Waals surface area contributed by atoms with E-state index in [1.807, 2.05) is 190 Å². The number of para-hydroxylation sites is 5. The lowest BCUT2D eigenvalue weighted by molar-refractivity contribution is 0.480. The molecular weight excluding hydrogens is 943 g/mol. The van der Waals surface area contributed by atoms with Gasteiger partial charge in [0, 0.05) is 67.4 Å². The second-order valence-corrected chi connectivity index (χ2v) is 17.6. The SMILES string of the molecule is Cc1cc(N)c2ncccc2c1.Cc1ccc2cccc(N)c2n1.Nc1cccc2cccnc12.Oc1cccc2cc3ccccc3nc12.Oc1cccc2nc3ccccc3cc12.Oc1cccc2ncccc12. The van der Waals surface area contributed by atoms with Crippen molar-refractivity contribution < 1.29 is 15.3 Å². The van der Waals surface area contributed by atoms with Crippen molar-refractivity contribution >= 4 is 104 Å². The Morgan fingerprint density at radius 1 is 0.303 bits per heavy atom. The Balaban J connectivity index is 0.000000112. The Bertz CT molecular complexity index is 4120. The van der Waals surface area contributed by atoms with Crippen LogP contribution in [0, 0.1) is 13.8 Å². The molecule has 0 radical (unpaired) electrons. The fourth-order valence-corrected chi connectivity index (χ4v) is 8.43. The number of phenolic OH excluding ortho intramolecular Hbond substituents is 3. The van der Waals surface area contributed by atoms with Gasteiger partial charge in [-0.1, -0.05) is 103 Å². The first kappa shape index (κ1) is 50.5. The molecule has 0 atom stereocenters. The minimum atomic E-state index is 0.234. The first-order valence-corrected chi connectivity index (χ1v) is 24.3. The van der Waals surface area contributed by atoms with Crippen LogP contribution in [0.15, 0.2) is 231 Å². The second-order valence-electron chi connectivity index (χ2n) is 17.6. The lowest BCUT2D eigenvalue weighted by Gasteiger charge is -2.02. The molecule has 0 unspecified atom stereocenters. The summed E-state index contributed by atoms with van der Waals surface area (Å²) in [6.45, 7) is 3.99. The average molecular weight is 996 g/mol. The van der Waals surface area contributed by atoms with Crippen LogP contribution in [0.2, 0.25) is 0 Å². The number of anilines is 3. The number of aromatic hydroxyl groups is 3. The Kier molecular flexibility index (Phi) is 15.5. The Labute approximate surface area is 438 Å². The summed E-state index contributed by atoms with van der Waals surface area (Å²) in [6.07, 6.45) is 5.22. The normalized spacial score (nSPS) is 10.6. The molecule has 8 aromatic carbocycles. The first-order chi connectivity index (χ1) is 37.0. The van der Waals surface area contributed by atoms with Gasteiger partial charge >= 0.3 is 0 Å². The smallest absolute Gasteiger partial charge is 0.141 e. The van der Waals surface area contributed by atoms with Crippen LogP contribution in [0.4, 0.5) is 17.1 Å². The number of aromatic nitrogens is 6. The molecule has 0 saturated carbocycles. The minimum absolute atomic E-state index is 0.234. The molecule has 12 nitrogen and oxygen atoms in total. The predicted molar refractivity (Wildman–Crippen MR) is 313 cm³/mol. The van der Waals surface area contributed by atoms with Crippen molar-refractivity contribution in [3.8, 4) is 17.2 Å². The molecule has 0 aliphatic carbocycles. The van der Waals surface area contributed by atoms with Gasteiger partial charge in [0.2, 0.25) is 0 Å². The molecule has 372 valence electrons. The summed E-state index contributed by atoms with van der Waals surface area (Å²) >= 11 is 0. The molecule has 6 aromatic heterocycles. The van der Waals surface area contributed by atoms with Crippen LogP contribution in [-0.4, -0.2) is 45.2 Å². The van der Waals surface area contributed by atoms with E-state index in [-0.39, 0.29) is 17.2 Å². The van der Waals surface area contributed by atoms with Crippen molar-refractivity contribution in [2.24, 2.45) is 0 Å². The number of hydrogen-bond donors (Lipinski definition) is 6. The number of benzene rings is 8. The van der Waals surface area contributed by atoms with E-state index in [1.54, 1.807) is 48.9 Å². The summed E-state index contributed by atoms with van der Waals surface area (Å²) in [6, 6.07) is 67.1. The third-order valence-electron chi connectivity index (χ3n) is 12.1. The fraction of sp³-hybridized carbons (Fsp3) is 0.0312. The number of nitrogens with two attached hydrogens (primary N) is 3. The maximum absolute atomic E-state index is 9.69. The Hall–Kier alpha value is -10.5. The Morgan fingerprint density at radius 3 is 1.50 bits per heavy atom. The summed E-state index contributed by atoms with van der Waals surface area (Å²) in [5.41, 5.74) is 28.5. The molecule has 6 heterocycles. The zero-order valence-electron chi connectivity index (χ0n) is 41.7. The zero-order valence-corrected chi connectivity index (χ0v) is 41.7. The van der Waals surface area contributed by atoms with Crippen molar-refractivity contribution in [3.63, 3.8) is 0 Å². The summed E-state index contributed by atoms with van der Waals surface area (Å²) in [7, 11) is 0. The van der Waals surface area contributed by atoms with Crippen molar-refractivity contribution in [3.05, 3.63) is 242 Å². The van der Waals surface area contributed by atoms with E-state index < -0.39 is 0 Å². The molecule has 76 heavy (non-hydrogen) atoms. The van der Waals surface area contributed by atoms with Crippen molar-refractivity contribution in [1.29, 1.82) is 0 Å². The third-order valence-corrected chi connectivity index (χ3v) is 12.1. The lowest BCUT2D eigenvalue weighted by Crippen LogP contribution is -1.90. The second kappa shape index (κ2) is 23.4. The predicted octanol–water partition coefficient (Wildman–Crippen LogP) is 14.2. The van der Waals surface area contributed by atoms with Gasteiger partial charge in [-0.05, 0) is 129 Å². The van der Waals surface area contributed by atoms with Gasteiger partial charge in [-0.25, -0.2) is 9.97 Å². The number of pyridine rings is 6. The molecule has 0 bridgehead atoms. The molecule has 14 aromatic rings. The van der Waals surface area contributed by atoms with Crippen molar-refractivity contribution in [1.82, 2.24) is 29.9 Å². The molecule has 0 saturated heterocycles. The van der Waals surface area contributed by atoms with Crippen LogP contribution in [0.25, 0.3) is 87.2 Å². The molecule has 12 heteroatoms. The molecule has 0 fully saturated rings. The van der Waals surface area contributed by atoms with Crippen LogP contribution >= 0.6 is 0 Å². The molecule has 0 amide bonds. The maximum atomic E-state index is 9.69. The van der Waals surface area contributed by atoms with E-state index in [1.165, 1.54) is 5.56 Å². The zero-order chi connectivity index (χ0) is 53.0. The van der Waals surface area contributed by atoms with Gasteiger partial charge in [-0.3, -0.25) is 19.9 Å². The van der Waals surface area contributed by atoms with Gasteiger partial charge in [0.1, 0.15) is 22.8 Å². The summed E-state index contributed by atoms with van der Waals surface area (Å²) in [5, 5.41) is 36.7. The van der Waals surface area contributed by atoms with Crippen molar-refractivity contribution in [2.45, 2.75) is 13.8 Å². The van der Waals surface area contributed by atoms with Gasteiger partial charge in [0.15, 0.2) is 0 Å². The van der Waals surface area contributed by atoms with Crippen molar-refractivity contribution in [2.75, 3.05) is 17.2 Å². The van der Waals surface area contributed by atoms with Gasteiger partial charge in [0.25, 0.3) is 0 Å². The van der Waals surface area contributed by atoms with E-state index in [2.05, 4.69) is 36.0 Å². The molecular formula is C64H53N9O3. The van der Waals surface area contributed by atoms with E-state index in [4.69, 9.17) is 17.2 Å². The van der Waals surface area contributed by atoms with Crippen LogP contribution in [0.1, 0.15) is 11.3 Å². The number of rotatable bonds is 0. The number of fused-ring (bicyclic) bond motifs is 8. The van der Waals surface area contributed by atoms with Gasteiger partial charge in [0.05, 0.1) is 55.7 Å². The highest BCUT2D eigenvalue weighted by atomic mass is 16.3. The van der Waals surface area contributed by atoms with E-state index in [9.17, 15) is 15.3 Å². The van der Waals surface area contributed by atoms with Crippen LogP contribution in [-0.2, 0) is 0 Å². The average Bonchev–Trinajstić information content (AvgIpc) is 3.44. The highest BCUT2D eigenvalue weighted by Crippen LogP contribution is 2.28. The highest BCUT2D eigenvalue weighted by molar-refractivity contribution is 5.97. The quantitative estimate of drug-likeness (QED) is 0.0618. The maximum Gasteiger partial charge on any atom is 0.141 e. The first-order valence-electron chi connectivity index (χ1n) is 24.3. The van der Waals surface area contributed by atoms with Gasteiger partial charge in [-0.2, -0.15) is 0 Å². The summed E-state index contributed by atoms with van der Waals surface area (Å²) in [4.78, 5) is 25.7. The molecule has 9 N–H and O–H groups in total. The number of aryl methyl sites for hydroxylation is 2. The number of nitrogens with zero attached hydrogens (tertiary/aromatic N) is 6. The third kappa shape index (κ3) is 12.1. The number of hydrogen-bond acceptors (Lipinski definition) is 12. The monoisotopic (exact) mass is 995 g/mol. The lowest BCUT2D eigenvalue weighted by atomic mass is 10.1. The number of phenols is 3. The van der Waals surface area contributed by atoms with Crippen LogP contribution < -0.4 is 17.2 Å². The minimum Gasteiger partial charge on any atom is -0.507 e. The van der Waals surface area contributed by atoms with Gasteiger partial charge in [-0.15, -0.1) is 0 Å². The highest BCUT2D eigenvalue weighted by Gasteiger charge is 2.05. The Morgan fingerprint density at radius 2 is 0.789 bits per heavy atom. The van der Waals surface area contributed by atoms with Gasteiger partial charge < -0.3 is 32.5 Å². The van der Waals surface area contributed by atoms with E-state index >= 15 is 0 Å². The standard InChI is InChI=1S/2C13H9NO.2C10H10N2.C9H8N2.C9H7NO/c15-12-7-3-5-10-8-9-4-1-2-6-11(9)14-13(10)12;15-13-7-3-6-12-10(13)8-9-4-1-2-5-11(9)14-12;1-7-5-8-3-2-4-12-10(8)9(11)6-7;1-7-5-6-8-3-2-4-9(11)10(8)12-7;10-8-5-1-3-7-4-2-6-11-9(7)8;11-9-5-1-4-8-7(9)3-2-6-10-8/h2*1-8,15H;2*2-6H,11H2,1H3;1-6H,10H2;1-6,11H. The van der Waals surface area contributed by atoms with Crippen LogP contribution in [0.5, 0.6) is 17.2 Å². The fourth-order valence-electron chi connectivity index (χ4n) is 8.43. The van der Waals surface area contributed by atoms with Crippen LogP contribution in [0.3, 0.4) is 0 Å². The molecule has 14 rings (SSSR count). The topological polar surface area (TPSA) is 216 Å². The number of nitrogen functional groups attached to an aromatic ring is 3.